The number of fused-ring (bicyclic) bond motifs is 2. The van der Waals surface area contributed by atoms with Crippen molar-refractivity contribution in [3.05, 3.63) is 84.1 Å². The molecule has 0 bridgehead atoms. The maximum absolute atomic E-state index is 14.7. The Labute approximate surface area is 254 Å². The van der Waals surface area contributed by atoms with Crippen LogP contribution < -0.4 is 0 Å². The number of halogens is 1. The van der Waals surface area contributed by atoms with Gasteiger partial charge in [0.1, 0.15) is 32.5 Å². The summed E-state index contributed by atoms with van der Waals surface area (Å²) >= 11 is 0. The minimum Gasteiger partial charge on any atom is -0.338 e. The molecule has 0 saturated carbocycles. The summed E-state index contributed by atoms with van der Waals surface area (Å²) in [6.07, 6.45) is 10.7. The molecule has 0 aliphatic carbocycles. The van der Waals surface area contributed by atoms with Crippen LogP contribution in [0.4, 0.5) is 4.39 Å². The Morgan fingerprint density at radius 2 is 1.80 bits per heavy atom. The highest BCUT2D eigenvalue weighted by Gasteiger charge is 2.18. The standard InChI is InChI=1S/C33H32FN7O2S/c1-44(42,43)12-8-21-13-23(16-25(34)15-21)26-7-9-36-33-27(26)17-30(38-33)32-31-29(39-40-32)6-5-28(37-31)24-14-22(18-35-19-24)20-41-10-3-2-4-11-41/h5-7,9,13-19H,2-4,8,10-12,20H2,1H3,(H,36,38)(H,39,40). The first-order chi connectivity index (χ1) is 21.3. The summed E-state index contributed by atoms with van der Waals surface area (Å²) in [5.74, 6) is -0.466. The van der Waals surface area contributed by atoms with Gasteiger partial charge in [-0.25, -0.2) is 22.8 Å². The SMILES string of the molecule is CS(=O)(=O)CCc1cc(F)cc(-c2ccnc3[nH]c(-c4n[nH]c5ccc(-c6cncc(CN7CCCCC7)c6)nc45)cc23)c1. The van der Waals surface area contributed by atoms with Gasteiger partial charge in [-0.3, -0.25) is 15.0 Å². The second kappa shape index (κ2) is 11.5. The van der Waals surface area contributed by atoms with Crippen LogP contribution in [0.25, 0.3) is 55.8 Å². The number of aromatic nitrogens is 6. The Balaban J connectivity index is 1.23. The van der Waals surface area contributed by atoms with Crippen molar-refractivity contribution < 1.29 is 12.8 Å². The van der Waals surface area contributed by atoms with E-state index in [0.29, 0.717) is 28.0 Å². The van der Waals surface area contributed by atoms with E-state index in [1.807, 2.05) is 42.7 Å². The van der Waals surface area contributed by atoms with Crippen molar-refractivity contribution >= 4 is 31.9 Å². The summed E-state index contributed by atoms with van der Waals surface area (Å²) in [5.41, 5.74) is 8.49. The molecule has 11 heteroatoms. The van der Waals surface area contributed by atoms with Crippen molar-refractivity contribution in [3.63, 3.8) is 0 Å². The number of likely N-dealkylation sites (tertiary alicyclic amines) is 1. The average Bonchev–Trinajstić information content (AvgIpc) is 3.64. The molecule has 0 unspecified atom stereocenters. The number of H-pyrrole nitrogens is 2. The molecule has 1 saturated heterocycles. The molecule has 224 valence electrons. The van der Waals surface area contributed by atoms with Crippen LogP contribution in [-0.2, 0) is 22.8 Å². The Morgan fingerprint density at radius 3 is 2.64 bits per heavy atom. The molecule has 1 aliphatic heterocycles. The Kier molecular flexibility index (Phi) is 7.43. The van der Waals surface area contributed by atoms with Crippen molar-refractivity contribution in [2.24, 2.45) is 0 Å². The van der Waals surface area contributed by atoms with Gasteiger partial charge in [0.25, 0.3) is 0 Å². The summed E-state index contributed by atoms with van der Waals surface area (Å²) in [6.45, 7) is 3.13. The van der Waals surface area contributed by atoms with E-state index in [1.165, 1.54) is 43.2 Å². The van der Waals surface area contributed by atoms with Gasteiger partial charge < -0.3 is 4.98 Å². The molecule has 0 amide bonds. The number of sulfone groups is 1. The molecule has 5 aromatic heterocycles. The van der Waals surface area contributed by atoms with Gasteiger partial charge in [0.05, 0.1) is 22.7 Å². The van der Waals surface area contributed by atoms with Gasteiger partial charge in [-0.2, -0.15) is 5.10 Å². The third kappa shape index (κ3) is 5.97. The van der Waals surface area contributed by atoms with Crippen LogP contribution in [-0.4, -0.2) is 68.5 Å². The number of rotatable bonds is 8. The first kappa shape index (κ1) is 28.3. The largest absolute Gasteiger partial charge is 0.338 e. The minimum absolute atomic E-state index is 0.0457. The molecule has 0 radical (unpaired) electrons. The van der Waals surface area contributed by atoms with E-state index in [1.54, 1.807) is 6.20 Å². The van der Waals surface area contributed by atoms with Crippen LogP contribution in [0.2, 0.25) is 0 Å². The summed E-state index contributed by atoms with van der Waals surface area (Å²) < 4.78 is 38.0. The molecular weight excluding hydrogens is 577 g/mol. The predicted octanol–water partition coefficient (Wildman–Crippen LogP) is 5.94. The first-order valence-electron chi connectivity index (χ1n) is 14.8. The fraction of sp³-hybridized carbons (Fsp3) is 0.273. The Morgan fingerprint density at radius 1 is 0.955 bits per heavy atom. The lowest BCUT2D eigenvalue weighted by Gasteiger charge is -2.26. The summed E-state index contributed by atoms with van der Waals surface area (Å²) in [7, 11) is -3.18. The number of hydrogen-bond acceptors (Lipinski definition) is 7. The third-order valence-corrected chi connectivity index (χ3v) is 9.12. The van der Waals surface area contributed by atoms with Crippen LogP contribution in [0.1, 0.15) is 30.4 Å². The lowest BCUT2D eigenvalue weighted by atomic mass is 10.00. The maximum atomic E-state index is 14.7. The van der Waals surface area contributed by atoms with E-state index >= 15 is 0 Å². The number of aromatic amines is 2. The zero-order valence-corrected chi connectivity index (χ0v) is 25.2. The van der Waals surface area contributed by atoms with Gasteiger partial charge in [0.15, 0.2) is 0 Å². The van der Waals surface area contributed by atoms with E-state index < -0.39 is 15.7 Å². The second-order valence-corrected chi connectivity index (χ2v) is 13.9. The molecule has 1 aromatic carbocycles. The smallest absolute Gasteiger partial charge is 0.147 e. The fourth-order valence-electron chi connectivity index (χ4n) is 6.00. The number of aryl methyl sites for hydroxylation is 1. The molecule has 9 nitrogen and oxygen atoms in total. The molecule has 0 spiro atoms. The van der Waals surface area contributed by atoms with Crippen LogP contribution >= 0.6 is 0 Å². The number of nitrogens with zero attached hydrogens (tertiary/aromatic N) is 5. The van der Waals surface area contributed by atoms with Crippen molar-refractivity contribution in [2.75, 3.05) is 25.1 Å². The Bertz CT molecular complexity index is 2100. The quantitative estimate of drug-likeness (QED) is 0.219. The summed E-state index contributed by atoms with van der Waals surface area (Å²) in [6, 6.07) is 14.6. The average molecular weight is 610 g/mol. The maximum Gasteiger partial charge on any atom is 0.147 e. The molecule has 1 fully saturated rings. The van der Waals surface area contributed by atoms with E-state index in [9.17, 15) is 12.8 Å². The molecule has 1 aliphatic rings. The highest BCUT2D eigenvalue weighted by Crippen LogP contribution is 2.34. The van der Waals surface area contributed by atoms with Crippen molar-refractivity contribution in [3.8, 4) is 33.8 Å². The van der Waals surface area contributed by atoms with E-state index in [4.69, 9.17) is 4.98 Å². The topological polar surface area (TPSA) is 121 Å². The molecule has 44 heavy (non-hydrogen) atoms. The minimum atomic E-state index is -3.18. The van der Waals surface area contributed by atoms with Crippen LogP contribution in [0.3, 0.4) is 0 Å². The summed E-state index contributed by atoms with van der Waals surface area (Å²) in [5, 5.41) is 8.47. The lowest BCUT2D eigenvalue weighted by molar-refractivity contribution is 0.220. The number of hydrogen-bond donors (Lipinski definition) is 2. The zero-order valence-electron chi connectivity index (χ0n) is 24.3. The molecule has 7 rings (SSSR count). The first-order valence-corrected chi connectivity index (χ1v) is 16.8. The molecule has 6 aromatic rings. The predicted molar refractivity (Wildman–Crippen MR) is 170 cm³/mol. The van der Waals surface area contributed by atoms with Gasteiger partial charge in [-0.15, -0.1) is 0 Å². The highest BCUT2D eigenvalue weighted by atomic mass is 32.2. The second-order valence-electron chi connectivity index (χ2n) is 11.6. The number of pyridine rings is 3. The normalized spacial score (nSPS) is 14.5. The monoisotopic (exact) mass is 609 g/mol. The summed E-state index contributed by atoms with van der Waals surface area (Å²) in [4.78, 5) is 19.9. The number of piperidine rings is 1. The van der Waals surface area contributed by atoms with Gasteiger partial charge in [-0.1, -0.05) is 12.5 Å². The van der Waals surface area contributed by atoms with Crippen molar-refractivity contribution in [1.29, 1.82) is 0 Å². The fourth-order valence-corrected chi connectivity index (χ4v) is 6.60. The molecular formula is C33H32FN7O2S. The third-order valence-electron chi connectivity index (χ3n) is 8.17. The molecule has 0 atom stereocenters. The van der Waals surface area contributed by atoms with Crippen LogP contribution in [0, 0.1) is 5.82 Å². The molecule has 2 N–H and O–H groups in total. The zero-order chi connectivity index (χ0) is 30.3. The lowest BCUT2D eigenvalue weighted by Crippen LogP contribution is -2.29. The van der Waals surface area contributed by atoms with Crippen LogP contribution in [0.15, 0.2) is 67.1 Å². The number of benzene rings is 1. The Hall–Kier alpha value is -4.48. The van der Waals surface area contributed by atoms with E-state index in [-0.39, 0.29) is 12.2 Å². The van der Waals surface area contributed by atoms with Gasteiger partial charge in [0, 0.05) is 42.3 Å². The van der Waals surface area contributed by atoms with Gasteiger partial charge in [-0.05, 0) is 97.1 Å². The number of nitrogens with one attached hydrogen (secondary N) is 2. The highest BCUT2D eigenvalue weighted by molar-refractivity contribution is 7.90. The molecule has 6 heterocycles. The van der Waals surface area contributed by atoms with Crippen molar-refractivity contribution in [1.82, 2.24) is 35.0 Å². The van der Waals surface area contributed by atoms with Crippen molar-refractivity contribution in [2.45, 2.75) is 32.2 Å². The van der Waals surface area contributed by atoms with Crippen LogP contribution in [0.5, 0.6) is 0 Å². The van der Waals surface area contributed by atoms with E-state index in [2.05, 4.69) is 36.1 Å². The van der Waals surface area contributed by atoms with Gasteiger partial charge in [0.2, 0.25) is 0 Å². The van der Waals surface area contributed by atoms with E-state index in [0.717, 1.165) is 53.1 Å². The van der Waals surface area contributed by atoms with Gasteiger partial charge >= 0.3 is 0 Å².